The number of carbonyl (C=O) groups is 2. The van der Waals surface area contributed by atoms with Crippen molar-refractivity contribution in [2.24, 2.45) is 5.73 Å². The van der Waals surface area contributed by atoms with E-state index in [1.165, 1.54) is 32.1 Å². The summed E-state index contributed by atoms with van der Waals surface area (Å²) in [5.41, 5.74) is 5.08. The van der Waals surface area contributed by atoms with E-state index in [2.05, 4.69) is 6.92 Å². The fourth-order valence-electron chi connectivity index (χ4n) is 1.92. The molecule has 3 N–H and O–H groups in total. The predicted molar refractivity (Wildman–Crippen MR) is 71.3 cm³/mol. The minimum atomic E-state index is -0.917. The van der Waals surface area contributed by atoms with Gasteiger partial charge in [-0.15, -0.1) is 0 Å². The minimum Gasteiger partial charge on any atom is -0.480 e. The van der Waals surface area contributed by atoms with Crippen molar-refractivity contribution in [1.82, 2.24) is 4.90 Å². The monoisotopic (exact) mass is 258 g/mol. The van der Waals surface area contributed by atoms with E-state index in [4.69, 9.17) is 10.8 Å². The molecule has 0 aromatic rings. The first-order valence-corrected chi connectivity index (χ1v) is 6.78. The van der Waals surface area contributed by atoms with Crippen molar-refractivity contribution < 1.29 is 14.7 Å². The van der Waals surface area contributed by atoms with E-state index in [1.807, 2.05) is 0 Å². The molecule has 5 nitrogen and oxygen atoms in total. The highest BCUT2D eigenvalue weighted by molar-refractivity contribution is 5.77. The summed E-state index contributed by atoms with van der Waals surface area (Å²) in [5, 5.41) is 8.70. The summed E-state index contributed by atoms with van der Waals surface area (Å²) in [4.78, 5) is 23.0. The lowest BCUT2D eigenvalue weighted by Gasteiger charge is -2.17. The lowest BCUT2D eigenvalue weighted by Crippen LogP contribution is -2.37. The van der Waals surface area contributed by atoms with Gasteiger partial charge in [-0.1, -0.05) is 45.4 Å². The number of nitrogens with zero attached hydrogens (tertiary/aromatic N) is 1. The lowest BCUT2D eigenvalue weighted by atomic mass is 10.1. The second-order valence-electron chi connectivity index (χ2n) is 4.69. The van der Waals surface area contributed by atoms with Crippen LogP contribution in [0.2, 0.25) is 0 Å². The highest BCUT2D eigenvalue weighted by atomic mass is 16.4. The van der Waals surface area contributed by atoms with Gasteiger partial charge in [0.25, 0.3) is 0 Å². The normalized spacial score (nSPS) is 10.8. The highest BCUT2D eigenvalue weighted by Gasteiger charge is 2.11. The Hall–Kier alpha value is -1.10. The molecule has 0 aromatic carbocycles. The third kappa shape index (κ3) is 11.4. The second-order valence-corrected chi connectivity index (χ2v) is 4.69. The topological polar surface area (TPSA) is 83.6 Å². The zero-order chi connectivity index (χ0) is 13.8. The molecule has 1 amide bonds. The van der Waals surface area contributed by atoms with E-state index in [0.717, 1.165) is 12.8 Å². The molecule has 0 aliphatic rings. The van der Waals surface area contributed by atoms with Crippen LogP contribution < -0.4 is 5.73 Å². The Morgan fingerprint density at radius 2 is 1.56 bits per heavy atom. The molecule has 0 bridgehead atoms. The Kier molecular flexibility index (Phi) is 10.3. The van der Waals surface area contributed by atoms with Crippen LogP contribution in [-0.2, 0) is 9.59 Å². The molecule has 18 heavy (non-hydrogen) atoms. The average Bonchev–Trinajstić information content (AvgIpc) is 2.26. The van der Waals surface area contributed by atoms with Crippen molar-refractivity contribution in [3.05, 3.63) is 0 Å². The Labute approximate surface area is 109 Å². The molecule has 0 unspecified atom stereocenters. The average molecular weight is 258 g/mol. The molecule has 0 aromatic heterocycles. The van der Waals surface area contributed by atoms with Crippen LogP contribution in [0, 0.1) is 0 Å². The van der Waals surface area contributed by atoms with Crippen molar-refractivity contribution in [2.75, 3.05) is 19.6 Å². The Morgan fingerprint density at radius 1 is 1.00 bits per heavy atom. The number of carboxylic acid groups (broad SMARTS) is 1. The largest absolute Gasteiger partial charge is 0.480 e. The molecule has 0 atom stereocenters. The van der Waals surface area contributed by atoms with Crippen molar-refractivity contribution >= 4 is 11.9 Å². The fourth-order valence-corrected chi connectivity index (χ4v) is 1.92. The van der Waals surface area contributed by atoms with Crippen LogP contribution in [0.25, 0.3) is 0 Å². The number of nitrogens with two attached hydrogens (primary N) is 1. The van der Waals surface area contributed by atoms with E-state index in [0.29, 0.717) is 6.54 Å². The van der Waals surface area contributed by atoms with Gasteiger partial charge in [-0.3, -0.25) is 14.5 Å². The SMILES string of the molecule is CCCCCCCCCN(CC(N)=O)CC(=O)O. The molecular formula is C13H26N2O3. The molecular weight excluding hydrogens is 232 g/mol. The van der Waals surface area contributed by atoms with Crippen molar-refractivity contribution in [2.45, 2.75) is 51.9 Å². The maximum Gasteiger partial charge on any atom is 0.317 e. The molecule has 0 saturated carbocycles. The Morgan fingerprint density at radius 3 is 2.06 bits per heavy atom. The predicted octanol–water partition coefficient (Wildman–Crippen LogP) is 1.61. The molecule has 0 rings (SSSR count). The number of unbranched alkanes of at least 4 members (excludes halogenated alkanes) is 6. The first-order valence-electron chi connectivity index (χ1n) is 6.78. The molecule has 0 aliphatic heterocycles. The molecule has 0 spiro atoms. The maximum atomic E-state index is 10.8. The van der Waals surface area contributed by atoms with Crippen LogP contribution in [-0.4, -0.2) is 41.5 Å². The van der Waals surface area contributed by atoms with Crippen LogP contribution >= 0.6 is 0 Å². The van der Waals surface area contributed by atoms with E-state index in [1.54, 1.807) is 4.90 Å². The fraction of sp³-hybridized carbons (Fsp3) is 0.846. The van der Waals surface area contributed by atoms with Crippen LogP contribution in [0.15, 0.2) is 0 Å². The summed E-state index contributed by atoms with van der Waals surface area (Å²) in [6.45, 7) is 2.73. The molecule has 0 saturated heterocycles. The van der Waals surface area contributed by atoms with Crippen LogP contribution in [0.3, 0.4) is 0 Å². The third-order valence-electron chi connectivity index (χ3n) is 2.82. The first kappa shape index (κ1) is 16.9. The van der Waals surface area contributed by atoms with Gasteiger partial charge in [-0.25, -0.2) is 0 Å². The molecule has 0 aliphatic carbocycles. The van der Waals surface area contributed by atoms with Crippen molar-refractivity contribution in [1.29, 1.82) is 0 Å². The molecule has 0 fully saturated rings. The number of amides is 1. The number of hydrogen-bond acceptors (Lipinski definition) is 3. The lowest BCUT2D eigenvalue weighted by molar-refractivity contribution is -0.138. The third-order valence-corrected chi connectivity index (χ3v) is 2.82. The van der Waals surface area contributed by atoms with E-state index < -0.39 is 11.9 Å². The smallest absolute Gasteiger partial charge is 0.317 e. The quantitative estimate of drug-likeness (QED) is 0.521. The molecule has 0 heterocycles. The zero-order valence-corrected chi connectivity index (χ0v) is 11.4. The number of carboxylic acids is 1. The number of hydrogen-bond donors (Lipinski definition) is 2. The van der Waals surface area contributed by atoms with Gasteiger partial charge in [0.1, 0.15) is 0 Å². The van der Waals surface area contributed by atoms with Gasteiger partial charge >= 0.3 is 5.97 Å². The van der Waals surface area contributed by atoms with Gasteiger partial charge in [0, 0.05) is 0 Å². The van der Waals surface area contributed by atoms with Gasteiger partial charge in [-0.05, 0) is 13.0 Å². The number of aliphatic carboxylic acids is 1. The minimum absolute atomic E-state index is 0.0299. The summed E-state index contributed by atoms with van der Waals surface area (Å²) >= 11 is 0. The van der Waals surface area contributed by atoms with Gasteiger partial charge in [-0.2, -0.15) is 0 Å². The first-order chi connectivity index (χ1) is 8.56. The van der Waals surface area contributed by atoms with Gasteiger partial charge in [0.05, 0.1) is 13.1 Å². The number of primary amides is 1. The number of rotatable bonds is 12. The Bertz CT molecular complexity index is 228. The summed E-state index contributed by atoms with van der Waals surface area (Å²) in [6.07, 6.45) is 8.22. The summed E-state index contributed by atoms with van der Waals surface area (Å²) in [7, 11) is 0. The number of carbonyl (C=O) groups excluding carboxylic acids is 1. The van der Waals surface area contributed by atoms with E-state index in [9.17, 15) is 9.59 Å². The van der Waals surface area contributed by atoms with Crippen molar-refractivity contribution in [3.8, 4) is 0 Å². The van der Waals surface area contributed by atoms with Gasteiger partial charge in [0.2, 0.25) is 5.91 Å². The Balaban J connectivity index is 3.62. The molecule has 106 valence electrons. The maximum absolute atomic E-state index is 10.8. The van der Waals surface area contributed by atoms with Crippen LogP contribution in [0.5, 0.6) is 0 Å². The van der Waals surface area contributed by atoms with Crippen LogP contribution in [0.1, 0.15) is 51.9 Å². The summed E-state index contributed by atoms with van der Waals surface area (Å²) in [6, 6.07) is 0. The van der Waals surface area contributed by atoms with Crippen molar-refractivity contribution in [3.63, 3.8) is 0 Å². The standard InChI is InChI=1S/C13H26N2O3/c1-2-3-4-5-6-7-8-9-15(10-12(14)16)11-13(17)18/h2-11H2,1H3,(H2,14,16)(H,17,18). The zero-order valence-electron chi connectivity index (χ0n) is 11.4. The van der Waals surface area contributed by atoms with E-state index >= 15 is 0 Å². The molecule has 5 heteroatoms. The highest BCUT2D eigenvalue weighted by Crippen LogP contribution is 2.07. The second kappa shape index (κ2) is 11.0. The molecule has 0 radical (unpaired) electrons. The van der Waals surface area contributed by atoms with E-state index in [-0.39, 0.29) is 13.1 Å². The van der Waals surface area contributed by atoms with Crippen LogP contribution in [0.4, 0.5) is 0 Å². The summed E-state index contributed by atoms with van der Waals surface area (Å²) in [5.74, 6) is -1.39. The summed E-state index contributed by atoms with van der Waals surface area (Å²) < 4.78 is 0. The van der Waals surface area contributed by atoms with Gasteiger partial charge < -0.3 is 10.8 Å². The van der Waals surface area contributed by atoms with Gasteiger partial charge in [0.15, 0.2) is 0 Å².